The monoisotopic (exact) mass is 500 g/mol. The van der Waals surface area contributed by atoms with Gasteiger partial charge < -0.3 is 20.4 Å². The van der Waals surface area contributed by atoms with Crippen molar-refractivity contribution in [1.82, 2.24) is 19.4 Å². The van der Waals surface area contributed by atoms with Crippen LogP contribution in [-0.2, 0) is 22.1 Å². The first-order chi connectivity index (χ1) is 17.8. The average molecular weight is 501 g/mol. The number of nitrogens with two attached hydrogens (primary N) is 1. The molecule has 2 aromatic carbocycles. The molecule has 190 valence electrons. The molecule has 1 fully saturated rings. The van der Waals surface area contributed by atoms with Crippen LogP contribution in [0, 0.1) is 5.82 Å². The Morgan fingerprint density at radius 1 is 1.24 bits per heavy atom. The third kappa shape index (κ3) is 3.96. The van der Waals surface area contributed by atoms with Gasteiger partial charge in [-0.25, -0.2) is 14.4 Å². The zero-order valence-electron chi connectivity index (χ0n) is 21.1. The fourth-order valence-corrected chi connectivity index (χ4v) is 5.03. The first-order valence-electron chi connectivity index (χ1n) is 12.0. The molecule has 3 N–H and O–H groups in total. The number of nitrogens with one attached hydrogen (secondary N) is 1. The van der Waals surface area contributed by atoms with Gasteiger partial charge in [-0.2, -0.15) is 0 Å². The van der Waals surface area contributed by atoms with E-state index in [4.69, 9.17) is 10.5 Å². The molecule has 0 saturated carbocycles. The summed E-state index contributed by atoms with van der Waals surface area (Å²) in [6.45, 7) is 7.20. The minimum absolute atomic E-state index is 0.292. The van der Waals surface area contributed by atoms with Gasteiger partial charge in [0, 0.05) is 23.9 Å². The Hall–Kier alpha value is -4.08. The number of nitrogens with zero attached hydrogens (tertiary/aromatic N) is 4. The number of hydrogen-bond acceptors (Lipinski definition) is 6. The van der Waals surface area contributed by atoms with Crippen LogP contribution in [0.3, 0.4) is 0 Å². The molecular weight excluding hydrogens is 471 g/mol. The third-order valence-electron chi connectivity index (χ3n) is 7.25. The van der Waals surface area contributed by atoms with Crippen LogP contribution < -0.4 is 11.1 Å². The Bertz CT molecular complexity index is 1510. The average Bonchev–Trinajstić information content (AvgIpc) is 3.18. The standard InChI is InChI=1S/C28H29FN6O2/c1-5-22(36)33-19-10-7-17(8-11-19)25-23(24-26(30)31-16-32-27(24)35(25)4)18-9-12-20(21(29)13-18)28(14-37-15-28)34(3)6-2/h5,7-13,16H,1,6,14-15H2,2-4H3,(H,33,36)(H2,30,31,32). The summed E-state index contributed by atoms with van der Waals surface area (Å²) in [5, 5.41) is 3.41. The van der Waals surface area contributed by atoms with Gasteiger partial charge in [0.2, 0.25) is 5.91 Å². The lowest BCUT2D eigenvalue weighted by Crippen LogP contribution is -2.58. The van der Waals surface area contributed by atoms with Crippen molar-refractivity contribution in [2.24, 2.45) is 7.05 Å². The van der Waals surface area contributed by atoms with Crippen LogP contribution in [0.15, 0.2) is 61.4 Å². The number of anilines is 2. The molecule has 1 amide bonds. The largest absolute Gasteiger partial charge is 0.383 e. The zero-order chi connectivity index (χ0) is 26.3. The van der Waals surface area contributed by atoms with Crippen LogP contribution in [0.1, 0.15) is 12.5 Å². The highest BCUT2D eigenvalue weighted by Gasteiger charge is 2.45. The Morgan fingerprint density at radius 3 is 2.54 bits per heavy atom. The van der Waals surface area contributed by atoms with Crippen LogP contribution in [0.5, 0.6) is 0 Å². The zero-order valence-corrected chi connectivity index (χ0v) is 21.1. The number of benzene rings is 2. The number of aromatic nitrogens is 3. The molecule has 0 spiro atoms. The smallest absolute Gasteiger partial charge is 0.247 e. The summed E-state index contributed by atoms with van der Waals surface area (Å²) in [5.41, 5.74) is 10.8. The number of amides is 1. The lowest BCUT2D eigenvalue weighted by atomic mass is 9.84. The molecule has 0 unspecified atom stereocenters. The quantitative estimate of drug-likeness (QED) is 0.367. The highest BCUT2D eigenvalue weighted by molar-refractivity contribution is 6.08. The number of likely N-dealkylation sites (N-methyl/N-ethyl adjacent to an activating group) is 1. The fraction of sp³-hybridized carbons (Fsp3) is 0.250. The highest BCUT2D eigenvalue weighted by Crippen LogP contribution is 2.44. The van der Waals surface area contributed by atoms with Gasteiger partial charge in [-0.05, 0) is 49.0 Å². The van der Waals surface area contributed by atoms with Gasteiger partial charge in [0.1, 0.15) is 23.6 Å². The summed E-state index contributed by atoms with van der Waals surface area (Å²) < 4.78 is 23.2. The normalized spacial score (nSPS) is 14.5. The number of halogens is 1. The predicted molar refractivity (Wildman–Crippen MR) is 143 cm³/mol. The van der Waals surface area contributed by atoms with Crippen molar-refractivity contribution in [3.05, 3.63) is 72.8 Å². The van der Waals surface area contributed by atoms with E-state index in [0.29, 0.717) is 46.9 Å². The highest BCUT2D eigenvalue weighted by atomic mass is 19.1. The summed E-state index contributed by atoms with van der Waals surface area (Å²) >= 11 is 0. The van der Waals surface area contributed by atoms with Crippen LogP contribution in [0.25, 0.3) is 33.4 Å². The summed E-state index contributed by atoms with van der Waals surface area (Å²) in [5.74, 6) is -0.280. The van der Waals surface area contributed by atoms with Gasteiger partial charge in [0.05, 0.1) is 29.8 Å². The summed E-state index contributed by atoms with van der Waals surface area (Å²) in [4.78, 5) is 22.5. The van der Waals surface area contributed by atoms with E-state index in [2.05, 4.69) is 26.8 Å². The molecular formula is C28H29FN6O2. The van der Waals surface area contributed by atoms with E-state index in [1.165, 1.54) is 12.4 Å². The maximum Gasteiger partial charge on any atom is 0.247 e. The van der Waals surface area contributed by atoms with Crippen molar-refractivity contribution in [3.63, 3.8) is 0 Å². The first kappa shape index (κ1) is 24.6. The van der Waals surface area contributed by atoms with E-state index in [0.717, 1.165) is 23.4 Å². The Labute approximate surface area is 214 Å². The van der Waals surface area contributed by atoms with Gasteiger partial charge in [-0.15, -0.1) is 0 Å². The maximum atomic E-state index is 15.8. The molecule has 0 aliphatic carbocycles. The Balaban J connectivity index is 1.67. The van der Waals surface area contributed by atoms with Gasteiger partial charge in [-0.1, -0.05) is 37.8 Å². The van der Waals surface area contributed by atoms with Crippen molar-refractivity contribution >= 4 is 28.4 Å². The molecule has 1 aliphatic rings. The maximum absolute atomic E-state index is 15.8. The van der Waals surface area contributed by atoms with E-state index in [1.54, 1.807) is 18.2 Å². The van der Waals surface area contributed by atoms with E-state index in [1.807, 2.05) is 49.9 Å². The number of rotatable bonds is 7. The van der Waals surface area contributed by atoms with Crippen LogP contribution >= 0.6 is 0 Å². The molecule has 4 aromatic rings. The molecule has 8 nitrogen and oxygen atoms in total. The first-order valence-corrected chi connectivity index (χ1v) is 12.0. The van der Waals surface area contributed by atoms with Gasteiger partial charge in [0.15, 0.2) is 0 Å². The van der Waals surface area contributed by atoms with Crippen molar-refractivity contribution in [2.45, 2.75) is 12.5 Å². The fourth-order valence-electron chi connectivity index (χ4n) is 5.03. The Morgan fingerprint density at radius 2 is 1.95 bits per heavy atom. The number of hydrogen-bond donors (Lipinski definition) is 2. The summed E-state index contributed by atoms with van der Waals surface area (Å²) in [7, 11) is 3.88. The van der Waals surface area contributed by atoms with E-state index < -0.39 is 5.54 Å². The number of carbonyl (C=O) groups is 1. The minimum atomic E-state index is -0.479. The molecule has 1 aliphatic heterocycles. The van der Waals surface area contributed by atoms with E-state index >= 15 is 4.39 Å². The number of ether oxygens (including phenoxy) is 1. The lowest BCUT2D eigenvalue weighted by Gasteiger charge is -2.48. The molecule has 5 rings (SSSR count). The molecule has 0 atom stereocenters. The molecule has 2 aromatic heterocycles. The number of fused-ring (bicyclic) bond motifs is 1. The summed E-state index contributed by atoms with van der Waals surface area (Å²) in [6, 6.07) is 12.7. The second kappa shape index (κ2) is 9.42. The van der Waals surface area contributed by atoms with Gasteiger partial charge in [-0.3, -0.25) is 9.69 Å². The minimum Gasteiger partial charge on any atom is -0.383 e. The molecule has 0 radical (unpaired) electrons. The molecule has 9 heteroatoms. The van der Waals surface area contributed by atoms with Gasteiger partial charge >= 0.3 is 0 Å². The molecule has 0 bridgehead atoms. The van der Waals surface area contributed by atoms with Crippen molar-refractivity contribution in [2.75, 3.05) is 37.9 Å². The van der Waals surface area contributed by atoms with Crippen molar-refractivity contribution in [1.29, 1.82) is 0 Å². The number of nitrogen functional groups attached to an aromatic ring is 1. The SMILES string of the molecule is C=CC(=O)Nc1ccc(-c2c(-c3ccc(C4(N(C)CC)COC4)c(F)c3)c3c(N)ncnc3n2C)cc1. The van der Waals surface area contributed by atoms with E-state index in [9.17, 15) is 4.79 Å². The molecule has 3 heterocycles. The number of carbonyl (C=O) groups excluding carboxylic acids is 1. The van der Waals surface area contributed by atoms with Crippen LogP contribution in [0.2, 0.25) is 0 Å². The predicted octanol–water partition coefficient (Wildman–Crippen LogP) is 4.33. The topological polar surface area (TPSA) is 98.3 Å². The molecule has 37 heavy (non-hydrogen) atoms. The lowest BCUT2D eigenvalue weighted by molar-refractivity contribution is -0.138. The van der Waals surface area contributed by atoms with E-state index in [-0.39, 0.29) is 11.7 Å². The van der Waals surface area contributed by atoms with Crippen molar-refractivity contribution in [3.8, 4) is 22.4 Å². The summed E-state index contributed by atoms with van der Waals surface area (Å²) in [6.07, 6.45) is 2.64. The van der Waals surface area contributed by atoms with Crippen LogP contribution in [0.4, 0.5) is 15.9 Å². The van der Waals surface area contributed by atoms with Crippen LogP contribution in [-0.4, -0.2) is 52.1 Å². The van der Waals surface area contributed by atoms with Crippen molar-refractivity contribution < 1.29 is 13.9 Å². The second-order valence-corrected chi connectivity index (χ2v) is 9.24. The Kier molecular flexibility index (Phi) is 6.26. The second-order valence-electron chi connectivity index (χ2n) is 9.24. The third-order valence-corrected chi connectivity index (χ3v) is 7.25. The molecule has 1 saturated heterocycles. The van der Waals surface area contributed by atoms with Gasteiger partial charge in [0.25, 0.3) is 0 Å². The number of aryl methyl sites for hydroxylation is 1.